The van der Waals surface area contributed by atoms with Gasteiger partial charge in [0.15, 0.2) is 0 Å². The van der Waals surface area contributed by atoms with Crippen LogP contribution in [0.15, 0.2) is 103 Å². The van der Waals surface area contributed by atoms with E-state index in [-0.39, 0.29) is 5.60 Å². The molecule has 140 valence electrons. The van der Waals surface area contributed by atoms with Crippen molar-refractivity contribution in [3.63, 3.8) is 0 Å². The molecule has 1 fully saturated rings. The highest BCUT2D eigenvalue weighted by atomic mass is 16.5. The predicted molar refractivity (Wildman–Crippen MR) is 116 cm³/mol. The van der Waals surface area contributed by atoms with Crippen molar-refractivity contribution in [2.24, 2.45) is 0 Å². The molecule has 1 atom stereocenters. The van der Waals surface area contributed by atoms with Crippen molar-refractivity contribution in [1.29, 1.82) is 0 Å². The second-order valence-corrected chi connectivity index (χ2v) is 7.33. The standard InChI is InChI=1S/C27H26O/c1-4-13-23(14-5-1)26(24-15-6-2-7-16-24)19-12-21-27(20-10-11-22-28-27)25-17-8-3-9-18-25/h1-9,12-18H,10-11,20-22H2. The fraction of sp³-hybridized carbons (Fsp3) is 0.222. The molecule has 3 aromatic rings. The summed E-state index contributed by atoms with van der Waals surface area (Å²) in [6, 6.07) is 31.7. The maximum absolute atomic E-state index is 6.36. The fourth-order valence-electron chi connectivity index (χ4n) is 3.96. The van der Waals surface area contributed by atoms with Gasteiger partial charge in [0.2, 0.25) is 0 Å². The molecule has 0 radical (unpaired) electrons. The van der Waals surface area contributed by atoms with Gasteiger partial charge in [-0.25, -0.2) is 0 Å². The lowest BCUT2D eigenvalue weighted by atomic mass is 9.83. The van der Waals surface area contributed by atoms with E-state index >= 15 is 0 Å². The number of hydrogen-bond acceptors (Lipinski definition) is 1. The van der Waals surface area contributed by atoms with Crippen molar-refractivity contribution in [1.82, 2.24) is 0 Å². The first kappa shape index (κ1) is 18.5. The summed E-state index contributed by atoms with van der Waals surface area (Å²) in [4.78, 5) is 0. The molecule has 1 aliphatic rings. The summed E-state index contributed by atoms with van der Waals surface area (Å²) < 4.78 is 6.36. The fourth-order valence-corrected chi connectivity index (χ4v) is 3.96. The second-order valence-electron chi connectivity index (χ2n) is 7.33. The Balaban J connectivity index is 1.71. The molecule has 0 spiro atoms. The monoisotopic (exact) mass is 366 g/mol. The summed E-state index contributed by atoms with van der Waals surface area (Å²) in [5.41, 5.74) is 8.14. The first-order valence-corrected chi connectivity index (χ1v) is 10.1. The van der Waals surface area contributed by atoms with Gasteiger partial charge in [0, 0.05) is 18.6 Å². The van der Waals surface area contributed by atoms with Gasteiger partial charge in [-0.3, -0.25) is 0 Å². The molecule has 3 aromatic carbocycles. The molecule has 0 aromatic heterocycles. The van der Waals surface area contributed by atoms with Gasteiger partial charge in [-0.15, -0.1) is 5.73 Å². The van der Waals surface area contributed by atoms with E-state index in [1.807, 2.05) is 0 Å². The topological polar surface area (TPSA) is 9.23 Å². The molecule has 1 nitrogen and oxygen atoms in total. The largest absolute Gasteiger partial charge is 0.370 e. The van der Waals surface area contributed by atoms with Crippen LogP contribution in [0.1, 0.15) is 42.4 Å². The predicted octanol–water partition coefficient (Wildman–Crippen LogP) is 6.76. The Kier molecular flexibility index (Phi) is 5.87. The zero-order valence-electron chi connectivity index (χ0n) is 16.2. The summed E-state index contributed by atoms with van der Waals surface area (Å²) in [6.45, 7) is 0.830. The van der Waals surface area contributed by atoms with E-state index in [1.165, 1.54) is 23.1 Å². The van der Waals surface area contributed by atoms with Crippen LogP contribution in [-0.2, 0) is 10.3 Å². The smallest absolute Gasteiger partial charge is 0.0971 e. The van der Waals surface area contributed by atoms with Crippen LogP contribution in [0.5, 0.6) is 0 Å². The highest BCUT2D eigenvalue weighted by Crippen LogP contribution is 2.38. The first-order valence-electron chi connectivity index (χ1n) is 10.1. The Bertz CT molecular complexity index is 888. The maximum atomic E-state index is 6.36. The van der Waals surface area contributed by atoms with Gasteiger partial charge in [0.25, 0.3) is 0 Å². The molecule has 1 heterocycles. The van der Waals surface area contributed by atoms with Gasteiger partial charge >= 0.3 is 0 Å². The van der Waals surface area contributed by atoms with Gasteiger partial charge in [-0.2, -0.15) is 0 Å². The van der Waals surface area contributed by atoms with Crippen molar-refractivity contribution >= 4 is 5.57 Å². The summed E-state index contributed by atoms with van der Waals surface area (Å²) >= 11 is 0. The van der Waals surface area contributed by atoms with Crippen LogP contribution in [-0.4, -0.2) is 6.61 Å². The Morgan fingerprint density at radius 3 is 1.89 bits per heavy atom. The third kappa shape index (κ3) is 4.17. The average molecular weight is 367 g/mol. The molecule has 28 heavy (non-hydrogen) atoms. The number of benzene rings is 3. The highest BCUT2D eigenvalue weighted by molar-refractivity contribution is 5.79. The van der Waals surface area contributed by atoms with E-state index in [0.717, 1.165) is 31.4 Å². The van der Waals surface area contributed by atoms with Crippen LogP contribution in [0, 0.1) is 0 Å². The Labute approximate surface area is 168 Å². The van der Waals surface area contributed by atoms with E-state index in [1.54, 1.807) is 0 Å². The van der Waals surface area contributed by atoms with Crippen molar-refractivity contribution in [3.8, 4) is 0 Å². The molecule has 1 unspecified atom stereocenters. The SMILES string of the molecule is C(=CCC1(c2ccccc2)CCCCO1)=C(c1ccccc1)c1ccccc1. The van der Waals surface area contributed by atoms with Crippen LogP contribution in [0.3, 0.4) is 0 Å². The molecule has 1 aliphatic heterocycles. The number of ether oxygens (including phenoxy) is 1. The van der Waals surface area contributed by atoms with Crippen LogP contribution in [0.2, 0.25) is 0 Å². The lowest BCUT2D eigenvalue weighted by Crippen LogP contribution is -2.33. The number of rotatable bonds is 5. The van der Waals surface area contributed by atoms with E-state index in [0.29, 0.717) is 0 Å². The number of hydrogen-bond donors (Lipinski definition) is 0. The third-order valence-corrected chi connectivity index (χ3v) is 5.46. The summed E-state index contributed by atoms with van der Waals surface area (Å²) in [5, 5.41) is 0. The van der Waals surface area contributed by atoms with Crippen molar-refractivity contribution < 1.29 is 4.74 Å². The minimum Gasteiger partial charge on any atom is -0.370 e. The second kappa shape index (κ2) is 8.89. The van der Waals surface area contributed by atoms with Crippen LogP contribution in [0.4, 0.5) is 0 Å². The van der Waals surface area contributed by atoms with E-state index in [4.69, 9.17) is 4.74 Å². The average Bonchev–Trinajstić information content (AvgIpc) is 2.79. The van der Waals surface area contributed by atoms with Gasteiger partial charge in [0.05, 0.1) is 5.60 Å². The molecule has 1 saturated heterocycles. The molecular formula is C27H26O. The van der Waals surface area contributed by atoms with Gasteiger partial charge in [0.1, 0.15) is 0 Å². The van der Waals surface area contributed by atoms with E-state index in [2.05, 4.69) is 103 Å². The molecule has 0 amide bonds. The van der Waals surface area contributed by atoms with Crippen molar-refractivity contribution in [2.75, 3.05) is 6.61 Å². The summed E-state index contributed by atoms with van der Waals surface area (Å²) in [7, 11) is 0. The molecule has 0 aliphatic carbocycles. The maximum Gasteiger partial charge on any atom is 0.0971 e. The van der Waals surface area contributed by atoms with Crippen LogP contribution < -0.4 is 0 Å². The molecule has 1 heteroatoms. The lowest BCUT2D eigenvalue weighted by molar-refractivity contribution is -0.0818. The Morgan fingerprint density at radius 1 is 0.786 bits per heavy atom. The zero-order valence-corrected chi connectivity index (χ0v) is 16.2. The highest BCUT2D eigenvalue weighted by Gasteiger charge is 2.33. The van der Waals surface area contributed by atoms with Gasteiger partial charge in [-0.05, 0) is 42.0 Å². The first-order chi connectivity index (χ1) is 13.9. The Hall–Kier alpha value is -2.86. The van der Waals surface area contributed by atoms with Crippen LogP contribution in [0.25, 0.3) is 5.57 Å². The van der Waals surface area contributed by atoms with Crippen molar-refractivity contribution in [3.05, 3.63) is 119 Å². The van der Waals surface area contributed by atoms with E-state index in [9.17, 15) is 0 Å². The molecule has 0 N–H and O–H groups in total. The van der Waals surface area contributed by atoms with Crippen molar-refractivity contribution in [2.45, 2.75) is 31.3 Å². The summed E-state index contributed by atoms with van der Waals surface area (Å²) in [5.74, 6) is 0. The molecule has 0 bridgehead atoms. The quantitative estimate of drug-likeness (QED) is 0.453. The zero-order chi connectivity index (χ0) is 19.1. The molecule has 0 saturated carbocycles. The Morgan fingerprint density at radius 2 is 1.36 bits per heavy atom. The third-order valence-electron chi connectivity index (χ3n) is 5.46. The molecule has 4 rings (SSSR count). The van der Waals surface area contributed by atoms with E-state index < -0.39 is 0 Å². The van der Waals surface area contributed by atoms with Gasteiger partial charge in [-0.1, -0.05) is 91.0 Å². The lowest BCUT2D eigenvalue weighted by Gasteiger charge is -2.37. The normalized spacial score (nSPS) is 18.9. The molecular weight excluding hydrogens is 340 g/mol. The minimum atomic E-state index is -0.231. The minimum absolute atomic E-state index is 0.231. The van der Waals surface area contributed by atoms with Crippen LogP contribution >= 0.6 is 0 Å². The summed E-state index contributed by atoms with van der Waals surface area (Å²) in [6.07, 6.45) is 6.42. The van der Waals surface area contributed by atoms with Gasteiger partial charge < -0.3 is 4.74 Å².